The van der Waals surface area contributed by atoms with Crippen LogP contribution in [0.5, 0.6) is 0 Å². The molecule has 1 aromatic carbocycles. The van der Waals surface area contributed by atoms with E-state index in [4.69, 9.17) is 11.2 Å². The van der Waals surface area contributed by atoms with E-state index in [2.05, 4.69) is 10.9 Å². The van der Waals surface area contributed by atoms with Crippen LogP contribution >= 0.6 is 0 Å². The number of terminal acetylenes is 1. The number of aromatic nitrogens is 1. The monoisotopic (exact) mass is 324 g/mol. The number of benzene rings is 1. The molecule has 122 valence electrons. The highest BCUT2D eigenvalue weighted by atomic mass is 16.5. The number of ether oxygens (including phenoxy) is 1. The molecule has 1 aliphatic heterocycles. The fourth-order valence-electron chi connectivity index (χ4n) is 2.90. The maximum atomic E-state index is 12.9. The number of hydrogen-bond acceptors (Lipinski definition) is 4. The molecule has 2 heterocycles. The Morgan fingerprint density at radius 3 is 2.88 bits per heavy atom. The van der Waals surface area contributed by atoms with Crippen LogP contribution in [-0.2, 0) is 9.53 Å². The Kier molecular flexibility index (Phi) is 4.19. The molecule has 0 spiro atoms. The largest absolute Gasteiger partial charge is 0.479 e. The van der Waals surface area contributed by atoms with Crippen LogP contribution in [0.4, 0.5) is 0 Å². The second-order valence-corrected chi connectivity index (χ2v) is 5.69. The summed E-state index contributed by atoms with van der Waals surface area (Å²) in [6, 6.07) is 6.87. The summed E-state index contributed by atoms with van der Waals surface area (Å²) in [6.07, 6.45) is 5.74. The molecule has 1 N–H and O–H groups in total. The van der Waals surface area contributed by atoms with Gasteiger partial charge in [-0.3, -0.25) is 9.78 Å². The fourth-order valence-corrected chi connectivity index (χ4v) is 2.90. The number of morpholine rings is 1. The second kappa shape index (κ2) is 6.30. The highest BCUT2D eigenvalue weighted by molar-refractivity contribution is 6.07. The smallest absolute Gasteiger partial charge is 0.334 e. The molecule has 0 aliphatic carbocycles. The molecular formula is C18H16N2O4. The van der Waals surface area contributed by atoms with Crippen LogP contribution in [0.2, 0.25) is 0 Å². The number of carbonyl (C=O) groups excluding carboxylic acids is 1. The molecule has 1 saturated heterocycles. The van der Waals surface area contributed by atoms with Gasteiger partial charge in [0.25, 0.3) is 5.91 Å². The Morgan fingerprint density at radius 1 is 1.38 bits per heavy atom. The predicted molar refractivity (Wildman–Crippen MR) is 87.6 cm³/mol. The lowest BCUT2D eigenvalue weighted by Gasteiger charge is -2.35. The lowest BCUT2D eigenvalue weighted by molar-refractivity contribution is -0.160. The van der Waals surface area contributed by atoms with Crippen LogP contribution in [0.3, 0.4) is 0 Å². The van der Waals surface area contributed by atoms with Crippen LogP contribution in [0.15, 0.2) is 30.5 Å². The van der Waals surface area contributed by atoms with Crippen molar-refractivity contribution in [3.05, 3.63) is 41.6 Å². The molecule has 0 radical (unpaired) electrons. The highest BCUT2D eigenvalue weighted by Crippen LogP contribution is 2.23. The van der Waals surface area contributed by atoms with Gasteiger partial charge < -0.3 is 14.7 Å². The molecule has 3 rings (SSSR count). The normalized spacial score (nSPS) is 20.6. The zero-order valence-electron chi connectivity index (χ0n) is 13.1. The molecule has 0 bridgehead atoms. The average molecular weight is 324 g/mol. The minimum Gasteiger partial charge on any atom is -0.479 e. The first-order chi connectivity index (χ1) is 11.5. The van der Waals surface area contributed by atoms with Crippen molar-refractivity contribution in [1.82, 2.24) is 9.88 Å². The summed E-state index contributed by atoms with van der Waals surface area (Å²) in [5, 5.41) is 9.83. The van der Waals surface area contributed by atoms with E-state index in [0.717, 1.165) is 0 Å². The molecule has 1 aliphatic rings. The third kappa shape index (κ3) is 2.82. The van der Waals surface area contributed by atoms with Gasteiger partial charge in [0.05, 0.1) is 23.7 Å². The first-order valence-corrected chi connectivity index (χ1v) is 7.53. The first kappa shape index (κ1) is 16.0. The van der Waals surface area contributed by atoms with Gasteiger partial charge in [-0.2, -0.15) is 0 Å². The van der Waals surface area contributed by atoms with Crippen molar-refractivity contribution in [2.24, 2.45) is 0 Å². The van der Waals surface area contributed by atoms with Gasteiger partial charge in [-0.05, 0) is 25.1 Å². The number of aliphatic carboxylic acids is 1. The van der Waals surface area contributed by atoms with Crippen molar-refractivity contribution in [2.45, 2.75) is 19.1 Å². The van der Waals surface area contributed by atoms with Gasteiger partial charge in [0.1, 0.15) is 0 Å². The van der Waals surface area contributed by atoms with Crippen molar-refractivity contribution in [3.8, 4) is 12.3 Å². The van der Waals surface area contributed by atoms with Crippen LogP contribution in [0.25, 0.3) is 10.9 Å². The summed E-state index contributed by atoms with van der Waals surface area (Å²) in [6.45, 7) is 2.09. The molecule has 1 fully saturated rings. The average Bonchev–Trinajstić information content (AvgIpc) is 2.59. The van der Waals surface area contributed by atoms with Crippen molar-refractivity contribution in [1.29, 1.82) is 0 Å². The van der Waals surface area contributed by atoms with E-state index in [-0.39, 0.29) is 18.6 Å². The van der Waals surface area contributed by atoms with Gasteiger partial charge in [-0.1, -0.05) is 12.0 Å². The molecule has 0 saturated carbocycles. The summed E-state index contributed by atoms with van der Waals surface area (Å²) < 4.78 is 5.36. The maximum Gasteiger partial charge on any atom is 0.334 e. The van der Waals surface area contributed by atoms with Gasteiger partial charge >= 0.3 is 5.97 Å². The Balaban J connectivity index is 2.00. The van der Waals surface area contributed by atoms with E-state index in [1.807, 2.05) is 0 Å². The van der Waals surface area contributed by atoms with Crippen LogP contribution in [-0.4, -0.2) is 52.2 Å². The van der Waals surface area contributed by atoms with Crippen LogP contribution < -0.4 is 0 Å². The van der Waals surface area contributed by atoms with Gasteiger partial charge in [0.2, 0.25) is 0 Å². The summed E-state index contributed by atoms with van der Waals surface area (Å²) in [4.78, 5) is 29.9. The quantitative estimate of drug-likeness (QED) is 0.848. The summed E-state index contributed by atoms with van der Waals surface area (Å²) in [5.74, 6) is 1.23. The third-order valence-corrected chi connectivity index (χ3v) is 3.98. The number of rotatable bonds is 2. The van der Waals surface area contributed by atoms with Gasteiger partial charge in [0, 0.05) is 23.7 Å². The lowest BCUT2D eigenvalue weighted by Crippen LogP contribution is -2.51. The first-order valence-electron chi connectivity index (χ1n) is 7.53. The minimum absolute atomic E-state index is 0.0111. The number of nitrogens with zero attached hydrogens (tertiary/aromatic N) is 2. The SMILES string of the molecule is C#Cc1ccc(C(=O)N2C[C@@H](C)O[C@@H](C(=O)O)C2)c2cccnc12. The lowest BCUT2D eigenvalue weighted by atomic mass is 10.0. The summed E-state index contributed by atoms with van der Waals surface area (Å²) >= 11 is 0. The number of carboxylic acids is 1. The minimum atomic E-state index is -1.08. The number of fused-ring (bicyclic) bond motifs is 1. The van der Waals surface area contributed by atoms with Crippen molar-refractivity contribution >= 4 is 22.8 Å². The Bertz CT molecular complexity index is 856. The molecule has 6 heteroatoms. The number of pyridine rings is 1. The molecule has 1 aromatic heterocycles. The van der Waals surface area contributed by atoms with Crippen molar-refractivity contribution in [2.75, 3.05) is 13.1 Å². The van der Waals surface area contributed by atoms with Crippen LogP contribution in [0.1, 0.15) is 22.8 Å². The second-order valence-electron chi connectivity index (χ2n) is 5.69. The number of hydrogen-bond donors (Lipinski definition) is 1. The van der Waals surface area contributed by atoms with Crippen molar-refractivity contribution < 1.29 is 19.4 Å². The topological polar surface area (TPSA) is 79.7 Å². The molecule has 6 nitrogen and oxygen atoms in total. The Morgan fingerprint density at radius 2 is 2.17 bits per heavy atom. The summed E-state index contributed by atoms with van der Waals surface area (Å²) in [5.41, 5.74) is 1.65. The maximum absolute atomic E-state index is 12.9. The zero-order valence-corrected chi connectivity index (χ0v) is 13.1. The Labute approximate surface area is 139 Å². The fraction of sp³-hybridized carbons (Fsp3) is 0.278. The number of carbonyl (C=O) groups is 2. The van der Waals surface area contributed by atoms with E-state index in [9.17, 15) is 14.7 Å². The van der Waals surface area contributed by atoms with E-state index in [1.165, 1.54) is 4.90 Å². The van der Waals surface area contributed by atoms with Gasteiger partial charge in [0.15, 0.2) is 6.10 Å². The van der Waals surface area contributed by atoms with E-state index < -0.39 is 12.1 Å². The molecule has 24 heavy (non-hydrogen) atoms. The molecule has 2 atom stereocenters. The molecule has 2 aromatic rings. The Hall–Kier alpha value is -2.91. The molecule has 0 unspecified atom stereocenters. The molecular weight excluding hydrogens is 308 g/mol. The van der Waals surface area contributed by atoms with E-state index >= 15 is 0 Å². The van der Waals surface area contributed by atoms with Gasteiger partial charge in [-0.25, -0.2) is 4.79 Å². The standard InChI is InChI=1S/C18H16N2O4/c1-3-12-6-7-14(13-5-4-8-19-16(12)13)17(21)20-9-11(2)24-15(10-20)18(22)23/h1,4-8,11,15H,9-10H2,2H3,(H,22,23)/t11-,15-/m1/s1. The van der Waals surface area contributed by atoms with Crippen LogP contribution in [0, 0.1) is 12.3 Å². The third-order valence-electron chi connectivity index (χ3n) is 3.98. The van der Waals surface area contributed by atoms with E-state index in [1.54, 1.807) is 37.4 Å². The van der Waals surface area contributed by atoms with Gasteiger partial charge in [-0.15, -0.1) is 6.42 Å². The number of amides is 1. The molecule has 1 amide bonds. The van der Waals surface area contributed by atoms with Crippen molar-refractivity contribution in [3.63, 3.8) is 0 Å². The number of carboxylic acid groups (broad SMARTS) is 1. The zero-order chi connectivity index (χ0) is 17.3. The highest BCUT2D eigenvalue weighted by Gasteiger charge is 2.33. The summed E-state index contributed by atoms with van der Waals surface area (Å²) in [7, 11) is 0. The van der Waals surface area contributed by atoms with E-state index in [0.29, 0.717) is 28.6 Å². The predicted octanol–water partition coefficient (Wildman–Crippen LogP) is 1.53.